The fourth-order valence-electron chi connectivity index (χ4n) is 4.40. The molecule has 26 heavy (non-hydrogen) atoms. The van der Waals surface area contributed by atoms with Crippen molar-refractivity contribution in [2.75, 3.05) is 53.0 Å². The number of morpholine rings is 1. The number of hydrogen-bond acceptors (Lipinski definition) is 3. The molecule has 5 nitrogen and oxygen atoms in total. The van der Waals surface area contributed by atoms with Gasteiger partial charge in [0, 0.05) is 45.8 Å². The summed E-state index contributed by atoms with van der Waals surface area (Å²) in [6.07, 6.45) is 5.05. The lowest BCUT2D eigenvalue weighted by Crippen LogP contribution is -2.47. The van der Waals surface area contributed by atoms with Gasteiger partial charge in [0.2, 0.25) is 0 Å². The first-order valence-corrected chi connectivity index (χ1v) is 10.1. The van der Waals surface area contributed by atoms with Crippen LogP contribution in [0.15, 0.2) is 35.3 Å². The number of nitrogens with one attached hydrogen (secondary N) is 1. The molecule has 3 aliphatic rings. The van der Waals surface area contributed by atoms with Crippen molar-refractivity contribution in [2.24, 2.45) is 10.4 Å². The predicted molar refractivity (Wildman–Crippen MR) is 106 cm³/mol. The van der Waals surface area contributed by atoms with E-state index >= 15 is 0 Å². The largest absolute Gasteiger partial charge is 0.379 e. The van der Waals surface area contributed by atoms with Crippen molar-refractivity contribution in [3.63, 3.8) is 0 Å². The predicted octanol–water partition coefficient (Wildman–Crippen LogP) is 1.99. The van der Waals surface area contributed by atoms with E-state index in [1.165, 1.54) is 31.2 Å². The summed E-state index contributed by atoms with van der Waals surface area (Å²) in [4.78, 5) is 9.61. The van der Waals surface area contributed by atoms with E-state index in [-0.39, 0.29) is 0 Å². The van der Waals surface area contributed by atoms with Gasteiger partial charge in [-0.15, -0.1) is 0 Å². The third kappa shape index (κ3) is 4.21. The smallest absolute Gasteiger partial charge is 0.193 e. The van der Waals surface area contributed by atoms with Crippen LogP contribution < -0.4 is 5.32 Å². The van der Waals surface area contributed by atoms with Crippen LogP contribution in [0.3, 0.4) is 0 Å². The van der Waals surface area contributed by atoms with Gasteiger partial charge in [0.05, 0.1) is 13.2 Å². The van der Waals surface area contributed by atoms with Crippen LogP contribution in [0.2, 0.25) is 0 Å². The molecule has 0 amide bonds. The summed E-state index contributed by atoms with van der Waals surface area (Å²) in [7, 11) is 1.92. The molecular formula is C21H32N4O. The number of likely N-dealkylation sites (tertiary alicyclic amines) is 1. The van der Waals surface area contributed by atoms with E-state index in [1.54, 1.807) is 0 Å². The highest BCUT2D eigenvalue weighted by atomic mass is 16.5. The lowest BCUT2D eigenvalue weighted by atomic mass is 9.96. The van der Waals surface area contributed by atoms with Gasteiger partial charge in [-0.1, -0.05) is 30.3 Å². The molecule has 0 bridgehead atoms. The van der Waals surface area contributed by atoms with Crippen LogP contribution in [0.4, 0.5) is 0 Å². The Hall–Kier alpha value is -1.59. The van der Waals surface area contributed by atoms with Crippen molar-refractivity contribution < 1.29 is 4.74 Å². The first-order chi connectivity index (χ1) is 12.8. The Labute approximate surface area is 157 Å². The molecule has 2 heterocycles. The fraction of sp³-hybridized carbons (Fsp3) is 0.667. The van der Waals surface area contributed by atoms with Crippen molar-refractivity contribution in [3.8, 4) is 0 Å². The Morgan fingerprint density at radius 1 is 1.19 bits per heavy atom. The standard InChI is InChI=1S/C21H32N4O/c1-22-20(25-10-7-19(16-25)24-11-13-26-14-12-24)23-17-21(8-9-21)15-18-5-3-2-4-6-18/h2-6,19H,7-17H2,1H3,(H,22,23). The van der Waals surface area contributed by atoms with Crippen molar-refractivity contribution >= 4 is 5.96 Å². The third-order valence-electron chi connectivity index (χ3n) is 6.24. The van der Waals surface area contributed by atoms with Crippen LogP contribution in [-0.2, 0) is 11.2 Å². The normalized spacial score (nSPS) is 26.1. The number of guanidine groups is 1. The molecule has 2 saturated heterocycles. The number of nitrogens with zero attached hydrogens (tertiary/aromatic N) is 3. The van der Waals surface area contributed by atoms with E-state index in [0.717, 1.165) is 51.9 Å². The first-order valence-electron chi connectivity index (χ1n) is 10.1. The van der Waals surface area contributed by atoms with Crippen LogP contribution in [-0.4, -0.2) is 74.8 Å². The SMILES string of the molecule is CN=C(NCC1(Cc2ccccc2)CC1)N1CCC(N2CCOCC2)C1. The zero-order chi connectivity index (χ0) is 17.8. The van der Waals surface area contributed by atoms with Crippen molar-refractivity contribution in [1.82, 2.24) is 15.1 Å². The quantitative estimate of drug-likeness (QED) is 0.647. The first kappa shape index (κ1) is 17.8. The molecular weight excluding hydrogens is 324 g/mol. The molecule has 1 aromatic rings. The molecule has 142 valence electrons. The lowest BCUT2D eigenvalue weighted by Gasteiger charge is -2.32. The number of ether oxygens (including phenoxy) is 1. The minimum absolute atomic E-state index is 0.431. The van der Waals surface area contributed by atoms with Gasteiger partial charge in [-0.05, 0) is 36.7 Å². The van der Waals surface area contributed by atoms with E-state index in [4.69, 9.17) is 4.74 Å². The van der Waals surface area contributed by atoms with Crippen LogP contribution >= 0.6 is 0 Å². The average Bonchev–Trinajstić information content (AvgIpc) is 3.27. The second-order valence-corrected chi connectivity index (χ2v) is 8.10. The summed E-state index contributed by atoms with van der Waals surface area (Å²) in [6.45, 7) is 7.14. The number of rotatable bonds is 5. The molecule has 1 N–H and O–H groups in total. The van der Waals surface area contributed by atoms with Gasteiger partial charge in [0.25, 0.3) is 0 Å². The minimum Gasteiger partial charge on any atom is -0.379 e. The van der Waals surface area contributed by atoms with Gasteiger partial charge in [-0.25, -0.2) is 0 Å². The maximum Gasteiger partial charge on any atom is 0.193 e. The molecule has 3 fully saturated rings. The second-order valence-electron chi connectivity index (χ2n) is 8.10. The summed E-state index contributed by atoms with van der Waals surface area (Å²) in [6, 6.07) is 11.5. The summed E-state index contributed by atoms with van der Waals surface area (Å²) in [5.41, 5.74) is 1.89. The Balaban J connectivity index is 1.28. The monoisotopic (exact) mass is 356 g/mol. The fourth-order valence-corrected chi connectivity index (χ4v) is 4.40. The van der Waals surface area contributed by atoms with Crippen LogP contribution in [0.5, 0.6) is 0 Å². The molecule has 0 aromatic heterocycles. The van der Waals surface area contributed by atoms with Gasteiger partial charge < -0.3 is 15.0 Å². The van der Waals surface area contributed by atoms with Gasteiger partial charge in [0.1, 0.15) is 0 Å². The van der Waals surface area contributed by atoms with Gasteiger partial charge in [-0.3, -0.25) is 9.89 Å². The topological polar surface area (TPSA) is 40.1 Å². The van der Waals surface area contributed by atoms with Crippen LogP contribution in [0.1, 0.15) is 24.8 Å². The molecule has 1 atom stereocenters. The summed E-state index contributed by atoms with van der Waals surface area (Å²) in [5, 5.41) is 3.69. The molecule has 0 spiro atoms. The Morgan fingerprint density at radius 3 is 2.65 bits per heavy atom. The van der Waals surface area contributed by atoms with Crippen molar-refractivity contribution in [1.29, 1.82) is 0 Å². The summed E-state index contributed by atoms with van der Waals surface area (Å²) >= 11 is 0. The van der Waals surface area contributed by atoms with E-state index in [1.807, 2.05) is 7.05 Å². The molecule has 1 saturated carbocycles. The number of aliphatic imine (C=N–C) groups is 1. The molecule has 1 aromatic carbocycles. The molecule has 1 unspecified atom stereocenters. The van der Waals surface area contributed by atoms with Gasteiger partial charge >= 0.3 is 0 Å². The Morgan fingerprint density at radius 2 is 1.96 bits per heavy atom. The molecule has 0 radical (unpaired) electrons. The Kier molecular flexibility index (Phi) is 5.46. The van der Waals surface area contributed by atoms with Crippen LogP contribution in [0, 0.1) is 5.41 Å². The molecule has 5 heteroatoms. The van der Waals surface area contributed by atoms with Gasteiger partial charge in [-0.2, -0.15) is 0 Å². The van der Waals surface area contributed by atoms with E-state index < -0.39 is 0 Å². The second kappa shape index (κ2) is 7.97. The van der Waals surface area contributed by atoms with E-state index in [0.29, 0.717) is 11.5 Å². The maximum atomic E-state index is 5.50. The van der Waals surface area contributed by atoms with Gasteiger partial charge in [0.15, 0.2) is 5.96 Å². The average molecular weight is 357 g/mol. The third-order valence-corrected chi connectivity index (χ3v) is 6.24. The number of benzene rings is 1. The maximum absolute atomic E-state index is 5.50. The van der Waals surface area contributed by atoms with Crippen molar-refractivity contribution in [2.45, 2.75) is 31.7 Å². The zero-order valence-electron chi connectivity index (χ0n) is 16.0. The number of hydrogen-bond donors (Lipinski definition) is 1. The molecule has 4 rings (SSSR count). The highest BCUT2D eigenvalue weighted by Crippen LogP contribution is 2.47. The molecule has 2 aliphatic heterocycles. The highest BCUT2D eigenvalue weighted by molar-refractivity contribution is 5.80. The Bertz CT molecular complexity index is 608. The van der Waals surface area contributed by atoms with E-state index in [9.17, 15) is 0 Å². The highest BCUT2D eigenvalue weighted by Gasteiger charge is 2.42. The van der Waals surface area contributed by atoms with Crippen LogP contribution in [0.25, 0.3) is 0 Å². The minimum atomic E-state index is 0.431. The summed E-state index contributed by atoms with van der Waals surface area (Å²) in [5.74, 6) is 1.08. The van der Waals surface area contributed by atoms with E-state index in [2.05, 4.69) is 50.4 Å². The lowest BCUT2D eigenvalue weighted by molar-refractivity contribution is 0.0195. The van der Waals surface area contributed by atoms with Crippen molar-refractivity contribution in [3.05, 3.63) is 35.9 Å². The zero-order valence-corrected chi connectivity index (χ0v) is 16.0. The summed E-state index contributed by atoms with van der Waals surface area (Å²) < 4.78 is 5.50. The molecule has 1 aliphatic carbocycles.